The predicted molar refractivity (Wildman–Crippen MR) is 212 cm³/mol. The van der Waals surface area contributed by atoms with E-state index in [-0.39, 0.29) is 0 Å². The topological polar surface area (TPSA) is 29.5 Å². The molecule has 2 aromatic heterocycles. The van der Waals surface area contributed by atoms with Crippen molar-refractivity contribution in [1.29, 1.82) is 0 Å². The molecule has 51 heavy (non-hydrogen) atoms. The molecule has 0 atom stereocenters. The molecule has 0 aliphatic rings. The van der Waals surface area contributed by atoms with Gasteiger partial charge in [-0.2, -0.15) is 0 Å². The fourth-order valence-electron chi connectivity index (χ4n) is 5.65. The minimum atomic E-state index is -1.31. The summed E-state index contributed by atoms with van der Waals surface area (Å²) in [5, 5.41) is -2.75. The highest BCUT2D eigenvalue weighted by Crippen LogP contribution is 2.48. The zero-order valence-electron chi connectivity index (χ0n) is 56.3. The maximum absolute atomic E-state index is 10.1. The Labute approximate surface area is 338 Å². The number of para-hydroxylation sites is 3. The van der Waals surface area contributed by atoms with Crippen LogP contribution < -0.4 is 4.90 Å². The molecule has 2 heterocycles. The molecule has 10 aromatic rings. The van der Waals surface area contributed by atoms with Crippen LogP contribution in [0.5, 0.6) is 0 Å². The van der Waals surface area contributed by atoms with E-state index in [0.717, 1.165) is 0 Å². The number of fused-ring (bicyclic) bond motifs is 6. The van der Waals surface area contributed by atoms with Gasteiger partial charge in [0.05, 0.1) is 53.6 Å². The Hall–Kier alpha value is -6.84. The second-order valence-electron chi connectivity index (χ2n) is 10.5. The molecule has 0 bridgehead atoms. The molecule has 240 valence electrons. The van der Waals surface area contributed by atoms with E-state index in [1.807, 2.05) is 0 Å². The largest absolute Gasteiger partial charge is 0.456 e. The maximum atomic E-state index is 10.1. The Morgan fingerprint density at radius 1 is 0.353 bits per heavy atom. The molecule has 0 N–H and O–H groups in total. The smallest absolute Gasteiger partial charge is 0.145 e. The van der Waals surface area contributed by atoms with Gasteiger partial charge in [-0.05, 0) is 82.2 Å². The first-order valence-corrected chi connectivity index (χ1v) is 14.7. The zero-order valence-corrected chi connectivity index (χ0v) is 25.3. The van der Waals surface area contributed by atoms with E-state index >= 15 is 0 Å². The van der Waals surface area contributed by atoms with Crippen molar-refractivity contribution in [2.45, 2.75) is 0 Å². The molecule has 3 nitrogen and oxygen atoms in total. The summed E-state index contributed by atoms with van der Waals surface area (Å²) >= 11 is 0. The number of hydrogen-bond acceptors (Lipinski definition) is 3. The van der Waals surface area contributed by atoms with Crippen LogP contribution in [0, 0.1) is 0 Å². The lowest BCUT2D eigenvalue weighted by Crippen LogP contribution is -2.10. The molecular formula is C48H31NO2. The number of anilines is 3. The molecular weight excluding hydrogens is 623 g/mol. The van der Waals surface area contributed by atoms with Gasteiger partial charge in [-0.1, -0.05) is 133 Å². The molecule has 0 fully saturated rings. The first-order chi connectivity index (χ1) is 38.2. The SMILES string of the molecule is [2H]c1c([2H])c([2H])c(-c2c([2H])c([2H])c(N(c3c([2H])c([2H])c([2H])c([2H])c3[2H])c3c([2H])c([2H])c(-c4c([2H])c([2H])c([2H])c([2H])c4-c4c([2H])c([2H])c([2H])c5oc6c([2H])c([2H])c([2H])c([2H])c6c45)c4oc5c([2H])c([2H])c([2H])c([2H])c5c34)c([2H])c2[2H])c([2H])c1[2H]. The maximum Gasteiger partial charge on any atom is 0.145 e. The van der Waals surface area contributed by atoms with Crippen LogP contribution in [0.4, 0.5) is 17.1 Å². The Bertz CT molecular complexity index is 4570. The summed E-state index contributed by atoms with van der Waals surface area (Å²) in [4.78, 5) is 0.381. The van der Waals surface area contributed by atoms with E-state index in [1.165, 1.54) is 0 Å². The van der Waals surface area contributed by atoms with E-state index in [4.69, 9.17) is 34.9 Å². The Kier molecular flexibility index (Phi) is 2.72. The predicted octanol–water partition coefficient (Wildman–Crippen LogP) is 14.0. The first kappa shape index (κ1) is 11.6. The van der Waals surface area contributed by atoms with Crippen molar-refractivity contribution in [2.75, 3.05) is 4.90 Å². The zero-order chi connectivity index (χ0) is 60.7. The van der Waals surface area contributed by atoms with Crippen molar-refractivity contribution in [2.24, 2.45) is 0 Å². The third-order valence-electron chi connectivity index (χ3n) is 7.76. The van der Waals surface area contributed by atoms with E-state index < -0.39 is 282 Å². The lowest BCUT2D eigenvalue weighted by atomic mass is 9.90. The summed E-state index contributed by atoms with van der Waals surface area (Å²) in [6, 6.07) is -32.5. The summed E-state index contributed by atoms with van der Waals surface area (Å²) in [6.45, 7) is 0. The first-order valence-electron chi connectivity index (χ1n) is 30.2. The van der Waals surface area contributed by atoms with E-state index in [1.54, 1.807) is 0 Å². The summed E-state index contributed by atoms with van der Waals surface area (Å²) in [5.41, 5.74) is -11.7. The average Bonchev–Trinajstić information content (AvgIpc) is 2.52. The van der Waals surface area contributed by atoms with Gasteiger partial charge in [0.2, 0.25) is 0 Å². The van der Waals surface area contributed by atoms with Crippen LogP contribution in [0.2, 0.25) is 0 Å². The normalized spacial score (nSPS) is 20.0. The lowest BCUT2D eigenvalue weighted by molar-refractivity contribution is 0.669. The molecule has 0 aliphatic carbocycles. The Morgan fingerprint density at radius 3 is 1.63 bits per heavy atom. The molecule has 0 saturated heterocycles. The highest BCUT2D eigenvalue weighted by molar-refractivity contribution is 6.19. The fraction of sp³-hybridized carbons (Fsp3) is 0. The molecule has 8 aromatic carbocycles. The standard InChI is InChI=1S/C48H31NO2/c1-3-14-32(15-4-1)33-26-28-35(29-27-33)49(34-16-5-2-6-17-34)42-31-30-39(48-47(42)41-21-10-12-24-44(41)51-48)37-19-8-7-18-36(37)38-22-13-25-45-46(38)40-20-9-11-23-43(40)50-45/h1-31H/i1D,2D,3D,4D,5D,6D,7D,8D,9D,10D,11D,12D,13D,14D,15D,16D,17D,18D,19D,20D,21D,22D,23D,24D,25D,26D,27D,28D,29D,30D,31D. The van der Waals surface area contributed by atoms with Crippen LogP contribution in [0.1, 0.15) is 42.5 Å². The summed E-state index contributed by atoms with van der Waals surface area (Å²) in [6.07, 6.45) is 0. The van der Waals surface area contributed by atoms with Crippen molar-refractivity contribution in [1.82, 2.24) is 0 Å². The molecule has 0 spiro atoms. The van der Waals surface area contributed by atoms with E-state index in [0.29, 0.717) is 4.90 Å². The highest BCUT2D eigenvalue weighted by atomic mass is 16.3. The van der Waals surface area contributed by atoms with E-state index in [9.17, 15) is 16.4 Å². The molecule has 0 radical (unpaired) electrons. The second-order valence-corrected chi connectivity index (χ2v) is 10.5. The van der Waals surface area contributed by atoms with Crippen molar-refractivity contribution in [3.63, 3.8) is 0 Å². The van der Waals surface area contributed by atoms with Crippen LogP contribution in [0.25, 0.3) is 77.3 Å². The number of hydrogen-bond donors (Lipinski definition) is 0. The van der Waals surface area contributed by atoms with E-state index in [2.05, 4.69) is 0 Å². The van der Waals surface area contributed by atoms with Gasteiger partial charge >= 0.3 is 0 Å². The van der Waals surface area contributed by atoms with Gasteiger partial charge in [0, 0.05) is 33.1 Å². The van der Waals surface area contributed by atoms with Gasteiger partial charge < -0.3 is 13.7 Å². The number of rotatable bonds is 6. The minimum Gasteiger partial charge on any atom is -0.456 e. The molecule has 0 aliphatic heterocycles. The van der Waals surface area contributed by atoms with Crippen LogP contribution in [-0.4, -0.2) is 0 Å². The second kappa shape index (κ2) is 11.9. The number of nitrogens with zero attached hydrogens (tertiary/aromatic N) is 1. The van der Waals surface area contributed by atoms with Crippen molar-refractivity contribution < 1.29 is 51.3 Å². The van der Waals surface area contributed by atoms with Crippen molar-refractivity contribution in [3.8, 4) is 33.4 Å². The third kappa shape index (κ3) is 4.82. The van der Waals surface area contributed by atoms with Crippen LogP contribution in [0.15, 0.2) is 196 Å². The third-order valence-corrected chi connectivity index (χ3v) is 7.76. The fourth-order valence-corrected chi connectivity index (χ4v) is 5.65. The molecule has 0 saturated carbocycles. The summed E-state index contributed by atoms with van der Waals surface area (Å²) in [7, 11) is 0. The molecule has 0 amide bonds. The summed E-state index contributed by atoms with van der Waals surface area (Å²) in [5.74, 6) is 0. The monoisotopic (exact) mass is 684 g/mol. The van der Waals surface area contributed by atoms with Gasteiger partial charge in [0.25, 0.3) is 0 Å². The number of benzene rings is 8. The van der Waals surface area contributed by atoms with Gasteiger partial charge in [-0.3, -0.25) is 0 Å². The van der Waals surface area contributed by atoms with Crippen LogP contribution in [-0.2, 0) is 0 Å². The minimum absolute atomic E-state index is 0.381. The van der Waals surface area contributed by atoms with Crippen molar-refractivity contribution in [3.05, 3.63) is 187 Å². The van der Waals surface area contributed by atoms with Crippen molar-refractivity contribution >= 4 is 60.9 Å². The lowest BCUT2D eigenvalue weighted by Gasteiger charge is -2.27. The molecule has 10 rings (SSSR count). The number of furan rings is 2. The van der Waals surface area contributed by atoms with Gasteiger partial charge in [-0.15, -0.1) is 0 Å². The van der Waals surface area contributed by atoms with Crippen LogP contribution >= 0.6 is 0 Å². The van der Waals surface area contributed by atoms with Gasteiger partial charge in [0.15, 0.2) is 0 Å². The van der Waals surface area contributed by atoms with Gasteiger partial charge in [0.1, 0.15) is 22.3 Å². The highest BCUT2D eigenvalue weighted by Gasteiger charge is 2.24. The molecule has 0 unspecified atom stereocenters. The van der Waals surface area contributed by atoms with Crippen LogP contribution in [0.3, 0.4) is 0 Å². The van der Waals surface area contributed by atoms with Gasteiger partial charge in [-0.25, -0.2) is 0 Å². The Balaban J connectivity index is 1.48. The quantitative estimate of drug-likeness (QED) is 0.175. The summed E-state index contributed by atoms with van der Waals surface area (Å²) < 4.78 is 291. The molecule has 3 heteroatoms. The average molecular weight is 685 g/mol. The Morgan fingerprint density at radius 2 is 0.882 bits per heavy atom.